The lowest BCUT2D eigenvalue weighted by Crippen LogP contribution is -2.47. The van der Waals surface area contributed by atoms with Gasteiger partial charge in [-0.15, -0.1) is 0 Å². The molecule has 0 radical (unpaired) electrons. The third-order valence-electron chi connectivity index (χ3n) is 3.88. The van der Waals surface area contributed by atoms with E-state index >= 15 is 0 Å². The topological polar surface area (TPSA) is 66.5 Å². The first kappa shape index (κ1) is 16.7. The molecular weight excluding hydrogens is 307 g/mol. The van der Waals surface area contributed by atoms with Crippen LogP contribution < -0.4 is 5.32 Å². The number of halogens is 1. The van der Waals surface area contributed by atoms with Crippen molar-refractivity contribution in [2.75, 3.05) is 24.6 Å². The van der Waals surface area contributed by atoms with Crippen LogP contribution in [0.4, 0.5) is 9.18 Å². The Morgan fingerprint density at radius 1 is 1.41 bits per heavy atom. The van der Waals surface area contributed by atoms with E-state index in [4.69, 9.17) is 0 Å². The zero-order chi connectivity index (χ0) is 16.2. The summed E-state index contributed by atoms with van der Waals surface area (Å²) in [6.07, 6.45) is 0.885. The number of sulfone groups is 1. The maximum atomic E-state index is 13.5. The number of amides is 2. The van der Waals surface area contributed by atoms with Crippen LogP contribution in [-0.4, -0.2) is 50.0 Å². The van der Waals surface area contributed by atoms with E-state index in [0.29, 0.717) is 31.5 Å². The van der Waals surface area contributed by atoms with Gasteiger partial charge in [0.1, 0.15) is 5.82 Å². The third-order valence-corrected chi connectivity index (χ3v) is 5.63. The van der Waals surface area contributed by atoms with Crippen molar-refractivity contribution < 1.29 is 17.6 Å². The Morgan fingerprint density at radius 2 is 2.14 bits per heavy atom. The predicted octanol–water partition coefficient (Wildman–Crippen LogP) is 1.59. The molecule has 1 saturated heterocycles. The summed E-state index contributed by atoms with van der Waals surface area (Å²) >= 11 is 0. The van der Waals surface area contributed by atoms with Gasteiger partial charge in [0.2, 0.25) is 0 Å². The van der Waals surface area contributed by atoms with Crippen LogP contribution in [-0.2, 0) is 16.3 Å². The molecule has 122 valence electrons. The highest BCUT2D eigenvalue weighted by Gasteiger charge is 2.33. The molecule has 1 aliphatic heterocycles. The second-order valence-electron chi connectivity index (χ2n) is 5.42. The minimum atomic E-state index is -3.02. The highest BCUT2D eigenvalue weighted by Crippen LogP contribution is 2.17. The van der Waals surface area contributed by atoms with E-state index in [9.17, 15) is 17.6 Å². The van der Waals surface area contributed by atoms with Crippen LogP contribution in [0.5, 0.6) is 0 Å². The third kappa shape index (κ3) is 4.19. The van der Waals surface area contributed by atoms with E-state index in [1.54, 1.807) is 23.1 Å². The molecule has 2 rings (SSSR count). The van der Waals surface area contributed by atoms with Crippen LogP contribution in [0, 0.1) is 5.82 Å². The number of nitrogens with zero attached hydrogens (tertiary/aromatic N) is 1. The van der Waals surface area contributed by atoms with Gasteiger partial charge in [-0.1, -0.05) is 18.2 Å². The van der Waals surface area contributed by atoms with Crippen molar-refractivity contribution in [3.63, 3.8) is 0 Å². The van der Waals surface area contributed by atoms with Crippen LogP contribution in [0.3, 0.4) is 0 Å². The van der Waals surface area contributed by atoms with E-state index in [2.05, 4.69) is 5.32 Å². The Labute approximate surface area is 130 Å². The summed E-state index contributed by atoms with van der Waals surface area (Å²) in [6.45, 7) is 2.59. The minimum Gasteiger partial charge on any atom is -0.338 e. The van der Waals surface area contributed by atoms with Gasteiger partial charge in [-0.25, -0.2) is 17.6 Å². The van der Waals surface area contributed by atoms with Gasteiger partial charge in [-0.2, -0.15) is 0 Å². The SMILES string of the molecule is CCN(C(=O)NCCc1ccccc1F)C1CCS(=O)(=O)C1. The molecule has 1 fully saturated rings. The van der Waals surface area contributed by atoms with E-state index in [1.807, 2.05) is 6.92 Å². The monoisotopic (exact) mass is 328 g/mol. The fourth-order valence-electron chi connectivity index (χ4n) is 2.70. The van der Waals surface area contributed by atoms with Crippen molar-refractivity contribution in [3.05, 3.63) is 35.6 Å². The number of carbonyl (C=O) groups excluding carboxylic acids is 1. The number of hydrogen-bond donors (Lipinski definition) is 1. The average molecular weight is 328 g/mol. The van der Waals surface area contributed by atoms with E-state index in [0.717, 1.165) is 0 Å². The second-order valence-corrected chi connectivity index (χ2v) is 7.64. The fraction of sp³-hybridized carbons (Fsp3) is 0.533. The first-order valence-corrected chi connectivity index (χ1v) is 9.23. The van der Waals surface area contributed by atoms with Crippen molar-refractivity contribution in [1.82, 2.24) is 10.2 Å². The van der Waals surface area contributed by atoms with Gasteiger partial charge >= 0.3 is 6.03 Å². The summed E-state index contributed by atoms with van der Waals surface area (Å²) in [5, 5.41) is 2.74. The summed E-state index contributed by atoms with van der Waals surface area (Å²) < 4.78 is 36.5. The molecule has 7 heteroatoms. The summed E-state index contributed by atoms with van der Waals surface area (Å²) in [6, 6.07) is 5.89. The first-order valence-electron chi connectivity index (χ1n) is 7.41. The molecule has 1 heterocycles. The zero-order valence-electron chi connectivity index (χ0n) is 12.6. The number of nitrogens with one attached hydrogen (secondary N) is 1. The highest BCUT2D eigenvalue weighted by atomic mass is 32.2. The van der Waals surface area contributed by atoms with Crippen LogP contribution in [0.2, 0.25) is 0 Å². The molecule has 1 atom stereocenters. The molecule has 1 N–H and O–H groups in total. The Bertz CT molecular complexity index is 633. The summed E-state index contributed by atoms with van der Waals surface area (Å²) in [4.78, 5) is 13.7. The van der Waals surface area contributed by atoms with Crippen molar-refractivity contribution in [2.45, 2.75) is 25.8 Å². The smallest absolute Gasteiger partial charge is 0.317 e. The van der Waals surface area contributed by atoms with Gasteiger partial charge in [-0.3, -0.25) is 0 Å². The number of rotatable bonds is 5. The summed E-state index contributed by atoms with van der Waals surface area (Å²) in [7, 11) is -3.02. The Balaban J connectivity index is 1.87. The van der Waals surface area contributed by atoms with Gasteiger partial charge in [-0.05, 0) is 31.4 Å². The lowest BCUT2D eigenvalue weighted by molar-refractivity contribution is 0.184. The number of benzene rings is 1. The predicted molar refractivity (Wildman–Crippen MR) is 82.9 cm³/mol. The molecule has 1 unspecified atom stereocenters. The maximum absolute atomic E-state index is 13.5. The molecule has 5 nitrogen and oxygen atoms in total. The molecule has 0 saturated carbocycles. The van der Waals surface area contributed by atoms with E-state index in [-0.39, 0.29) is 29.4 Å². The first-order chi connectivity index (χ1) is 10.4. The Hall–Kier alpha value is -1.63. The van der Waals surface area contributed by atoms with Gasteiger partial charge in [0.15, 0.2) is 9.84 Å². The summed E-state index contributed by atoms with van der Waals surface area (Å²) in [5.41, 5.74) is 0.550. The van der Waals surface area contributed by atoms with Crippen molar-refractivity contribution in [1.29, 1.82) is 0 Å². The number of carbonyl (C=O) groups is 1. The van der Waals surface area contributed by atoms with E-state index < -0.39 is 9.84 Å². The molecule has 1 aromatic carbocycles. The molecule has 0 aromatic heterocycles. The largest absolute Gasteiger partial charge is 0.338 e. The van der Waals surface area contributed by atoms with Crippen molar-refractivity contribution >= 4 is 15.9 Å². The Kier molecular flexibility index (Phi) is 5.39. The van der Waals surface area contributed by atoms with Gasteiger partial charge in [0, 0.05) is 19.1 Å². The Morgan fingerprint density at radius 3 is 2.73 bits per heavy atom. The molecule has 1 aliphatic rings. The molecule has 1 aromatic rings. The van der Waals surface area contributed by atoms with Gasteiger partial charge in [0.25, 0.3) is 0 Å². The molecule has 0 bridgehead atoms. The molecule has 0 aliphatic carbocycles. The van der Waals surface area contributed by atoms with Crippen LogP contribution in [0.25, 0.3) is 0 Å². The summed E-state index contributed by atoms with van der Waals surface area (Å²) in [5.74, 6) is -0.121. The standard InChI is InChI=1S/C15H21FN2O3S/c1-2-18(13-8-10-22(20,21)11-13)15(19)17-9-7-12-5-3-4-6-14(12)16/h3-6,13H,2,7-11H2,1H3,(H,17,19). The lowest BCUT2D eigenvalue weighted by Gasteiger charge is -2.27. The molecule has 0 spiro atoms. The zero-order valence-corrected chi connectivity index (χ0v) is 13.4. The highest BCUT2D eigenvalue weighted by molar-refractivity contribution is 7.91. The fourth-order valence-corrected chi connectivity index (χ4v) is 4.43. The van der Waals surface area contributed by atoms with Crippen LogP contribution in [0.1, 0.15) is 18.9 Å². The van der Waals surface area contributed by atoms with Crippen LogP contribution >= 0.6 is 0 Å². The van der Waals surface area contributed by atoms with Crippen molar-refractivity contribution in [2.24, 2.45) is 0 Å². The number of hydrogen-bond acceptors (Lipinski definition) is 3. The maximum Gasteiger partial charge on any atom is 0.317 e. The van der Waals surface area contributed by atoms with Crippen LogP contribution in [0.15, 0.2) is 24.3 Å². The van der Waals surface area contributed by atoms with Gasteiger partial charge < -0.3 is 10.2 Å². The average Bonchev–Trinajstić information content (AvgIpc) is 2.82. The van der Waals surface area contributed by atoms with E-state index in [1.165, 1.54) is 6.07 Å². The quantitative estimate of drug-likeness (QED) is 0.892. The second kappa shape index (κ2) is 7.09. The van der Waals surface area contributed by atoms with Gasteiger partial charge in [0.05, 0.1) is 11.5 Å². The molecular formula is C15H21FN2O3S. The lowest BCUT2D eigenvalue weighted by atomic mass is 10.1. The minimum absolute atomic E-state index is 0.0293. The normalized spacial score (nSPS) is 19.8. The molecule has 22 heavy (non-hydrogen) atoms. The van der Waals surface area contributed by atoms with Crippen molar-refractivity contribution in [3.8, 4) is 0 Å². The number of urea groups is 1. The molecule has 2 amide bonds.